The lowest BCUT2D eigenvalue weighted by Gasteiger charge is -2.17. The molecular weight excluding hydrogens is 330 g/mol. The molecule has 25 heavy (non-hydrogen) atoms. The molecule has 2 heterocycles. The topological polar surface area (TPSA) is 56.5 Å². The largest absolute Gasteiger partial charge is 0.301 e. The Labute approximate surface area is 151 Å². The third kappa shape index (κ3) is 3.31. The average Bonchev–Trinajstić information content (AvgIpc) is 2.96. The summed E-state index contributed by atoms with van der Waals surface area (Å²) < 4.78 is 2.14. The Bertz CT molecular complexity index is 846. The van der Waals surface area contributed by atoms with E-state index in [1.165, 1.54) is 36.8 Å². The summed E-state index contributed by atoms with van der Waals surface area (Å²) in [5.74, 6) is 0.792. The van der Waals surface area contributed by atoms with Gasteiger partial charge in [-0.1, -0.05) is 42.4 Å². The van der Waals surface area contributed by atoms with E-state index < -0.39 is 0 Å². The fraction of sp³-hybridized carbons (Fsp3) is 0.368. The van der Waals surface area contributed by atoms with Gasteiger partial charge in [0.1, 0.15) is 5.69 Å². The van der Waals surface area contributed by atoms with Gasteiger partial charge in [-0.15, -0.1) is 10.2 Å². The Balaban J connectivity index is 1.67. The summed E-state index contributed by atoms with van der Waals surface area (Å²) in [6.45, 7) is 2.93. The molecular formula is C19H21N5S. The molecule has 0 aliphatic heterocycles. The molecule has 3 aromatic rings. The van der Waals surface area contributed by atoms with E-state index in [9.17, 15) is 0 Å². The maximum absolute atomic E-state index is 4.47. The number of hydrogen-bond donors (Lipinski definition) is 0. The summed E-state index contributed by atoms with van der Waals surface area (Å²) in [4.78, 5) is 8.53. The normalized spacial score (nSPS) is 17.1. The Hall–Kier alpha value is -2.21. The highest BCUT2D eigenvalue weighted by Crippen LogP contribution is 2.42. The number of nitrogens with zero attached hydrogens (tertiary/aromatic N) is 5. The molecule has 0 fully saturated rings. The fourth-order valence-electron chi connectivity index (χ4n) is 3.39. The minimum atomic E-state index is 0.433. The van der Waals surface area contributed by atoms with Gasteiger partial charge in [-0.3, -0.25) is 4.98 Å². The van der Waals surface area contributed by atoms with Crippen molar-refractivity contribution < 1.29 is 0 Å². The van der Waals surface area contributed by atoms with Gasteiger partial charge >= 0.3 is 0 Å². The van der Waals surface area contributed by atoms with Crippen molar-refractivity contribution in [2.24, 2.45) is 0 Å². The maximum Gasteiger partial charge on any atom is 0.192 e. The molecule has 1 aliphatic carbocycles. The monoisotopic (exact) mass is 351 g/mol. The van der Waals surface area contributed by atoms with Gasteiger partial charge in [0.2, 0.25) is 0 Å². The predicted octanol–water partition coefficient (Wildman–Crippen LogP) is 4.31. The van der Waals surface area contributed by atoms with Gasteiger partial charge in [-0.2, -0.15) is 0 Å². The molecule has 0 radical (unpaired) electrons. The van der Waals surface area contributed by atoms with Gasteiger partial charge in [-0.25, -0.2) is 4.98 Å². The molecule has 0 saturated heterocycles. The first-order valence-electron chi connectivity index (χ1n) is 8.81. The van der Waals surface area contributed by atoms with Crippen molar-refractivity contribution in [2.45, 2.75) is 49.6 Å². The zero-order valence-corrected chi connectivity index (χ0v) is 15.1. The molecule has 6 heteroatoms. The van der Waals surface area contributed by atoms with Crippen LogP contribution in [0.5, 0.6) is 0 Å². The highest BCUT2D eigenvalue weighted by molar-refractivity contribution is 7.99. The van der Waals surface area contributed by atoms with Crippen LogP contribution in [-0.2, 0) is 13.0 Å². The molecule has 0 amide bonds. The molecule has 2 aromatic heterocycles. The van der Waals surface area contributed by atoms with Gasteiger partial charge in [0.05, 0.1) is 6.20 Å². The smallest absolute Gasteiger partial charge is 0.192 e. The van der Waals surface area contributed by atoms with Crippen LogP contribution in [0.2, 0.25) is 0 Å². The average molecular weight is 351 g/mol. The highest BCUT2D eigenvalue weighted by atomic mass is 32.2. The van der Waals surface area contributed by atoms with Crippen molar-refractivity contribution in [3.63, 3.8) is 0 Å². The van der Waals surface area contributed by atoms with Crippen LogP contribution < -0.4 is 0 Å². The molecule has 1 atom stereocenters. The number of rotatable bonds is 4. The van der Waals surface area contributed by atoms with Crippen LogP contribution in [0.3, 0.4) is 0 Å². The molecule has 0 N–H and O–H groups in total. The first-order valence-corrected chi connectivity index (χ1v) is 9.69. The lowest BCUT2D eigenvalue weighted by atomic mass is 10.0. The molecule has 1 unspecified atom stereocenters. The number of hydrogen-bond acceptors (Lipinski definition) is 5. The van der Waals surface area contributed by atoms with Gasteiger partial charge in [0.15, 0.2) is 11.0 Å². The molecule has 0 bridgehead atoms. The summed E-state index contributed by atoms with van der Waals surface area (Å²) in [7, 11) is 0. The van der Waals surface area contributed by atoms with E-state index in [-0.39, 0.29) is 0 Å². The van der Waals surface area contributed by atoms with E-state index in [1.54, 1.807) is 18.6 Å². The lowest BCUT2D eigenvalue weighted by Crippen LogP contribution is -2.03. The SMILES string of the molecule is CCn1c(SC2CCCCc3ccccc32)nnc1-c1cnccn1. The number of aryl methyl sites for hydroxylation is 1. The fourth-order valence-corrected chi connectivity index (χ4v) is 4.72. The zero-order chi connectivity index (χ0) is 17.1. The van der Waals surface area contributed by atoms with Crippen LogP contribution in [0.25, 0.3) is 11.5 Å². The molecule has 5 nitrogen and oxygen atoms in total. The molecule has 1 aliphatic rings. The van der Waals surface area contributed by atoms with Crippen molar-refractivity contribution in [3.8, 4) is 11.5 Å². The van der Waals surface area contributed by atoms with Crippen LogP contribution in [0.4, 0.5) is 0 Å². The zero-order valence-electron chi connectivity index (χ0n) is 14.3. The molecule has 0 saturated carbocycles. The van der Waals surface area contributed by atoms with Gasteiger partial charge < -0.3 is 4.57 Å². The van der Waals surface area contributed by atoms with Crippen LogP contribution in [-0.4, -0.2) is 24.7 Å². The first kappa shape index (κ1) is 16.3. The second-order valence-electron chi connectivity index (χ2n) is 6.19. The van der Waals surface area contributed by atoms with E-state index in [4.69, 9.17) is 0 Å². The second-order valence-corrected chi connectivity index (χ2v) is 7.36. The summed E-state index contributed by atoms with van der Waals surface area (Å²) in [5, 5.41) is 10.3. The van der Waals surface area contributed by atoms with E-state index in [0.29, 0.717) is 5.25 Å². The summed E-state index contributed by atoms with van der Waals surface area (Å²) in [6.07, 6.45) is 9.98. The van der Waals surface area contributed by atoms with Crippen LogP contribution in [0.1, 0.15) is 42.6 Å². The van der Waals surface area contributed by atoms with Crippen LogP contribution in [0, 0.1) is 0 Å². The van der Waals surface area contributed by atoms with Crippen molar-refractivity contribution in [1.82, 2.24) is 24.7 Å². The maximum atomic E-state index is 4.47. The van der Waals surface area contributed by atoms with E-state index in [1.807, 2.05) is 11.8 Å². The summed E-state index contributed by atoms with van der Waals surface area (Å²) >= 11 is 1.83. The van der Waals surface area contributed by atoms with E-state index in [0.717, 1.165) is 23.2 Å². The third-order valence-electron chi connectivity index (χ3n) is 4.64. The van der Waals surface area contributed by atoms with Crippen molar-refractivity contribution in [1.29, 1.82) is 0 Å². The highest BCUT2D eigenvalue weighted by Gasteiger charge is 2.23. The Morgan fingerprint density at radius 1 is 1.16 bits per heavy atom. The lowest BCUT2D eigenvalue weighted by molar-refractivity contribution is 0.673. The van der Waals surface area contributed by atoms with Gasteiger partial charge in [-0.05, 0) is 37.3 Å². The third-order valence-corrected chi connectivity index (χ3v) is 5.92. The quantitative estimate of drug-likeness (QED) is 0.655. The van der Waals surface area contributed by atoms with Gasteiger partial charge in [0.25, 0.3) is 0 Å². The van der Waals surface area contributed by atoms with Crippen LogP contribution in [0.15, 0.2) is 48.0 Å². The number of fused-ring (bicyclic) bond motifs is 1. The number of thioether (sulfide) groups is 1. The number of aromatic nitrogens is 5. The number of benzene rings is 1. The van der Waals surface area contributed by atoms with Crippen molar-refractivity contribution in [2.75, 3.05) is 0 Å². The minimum Gasteiger partial charge on any atom is -0.301 e. The first-order chi connectivity index (χ1) is 12.4. The van der Waals surface area contributed by atoms with E-state index in [2.05, 4.69) is 55.9 Å². The van der Waals surface area contributed by atoms with Crippen molar-refractivity contribution in [3.05, 3.63) is 54.0 Å². The van der Waals surface area contributed by atoms with E-state index >= 15 is 0 Å². The van der Waals surface area contributed by atoms with Gasteiger partial charge in [0, 0.05) is 24.2 Å². The van der Waals surface area contributed by atoms with Crippen LogP contribution >= 0.6 is 11.8 Å². The molecule has 128 valence electrons. The Morgan fingerprint density at radius 3 is 2.92 bits per heavy atom. The summed E-state index contributed by atoms with van der Waals surface area (Å²) in [5.41, 5.74) is 3.70. The second kappa shape index (κ2) is 7.35. The Kier molecular flexibility index (Phi) is 4.78. The molecule has 1 aromatic carbocycles. The molecule has 4 rings (SSSR count). The minimum absolute atomic E-state index is 0.433. The van der Waals surface area contributed by atoms with Crippen molar-refractivity contribution >= 4 is 11.8 Å². The standard InChI is InChI=1S/C19H21N5S/c1-2-24-18(16-13-20-11-12-21-16)22-23-19(24)25-17-10-6-4-8-14-7-3-5-9-15(14)17/h3,5,7,9,11-13,17H,2,4,6,8,10H2,1H3. The summed E-state index contributed by atoms with van der Waals surface area (Å²) in [6, 6.07) is 8.83. The predicted molar refractivity (Wildman–Crippen MR) is 99.3 cm³/mol. The Morgan fingerprint density at radius 2 is 2.08 bits per heavy atom. The molecule has 0 spiro atoms.